The minimum absolute atomic E-state index is 0.510. The number of methoxy groups -OCH3 is 1. The predicted octanol–water partition coefficient (Wildman–Crippen LogP) is 1.48. The molecule has 1 N–H and O–H groups in total. The van der Waals surface area contributed by atoms with Gasteiger partial charge >= 0.3 is 0 Å². The molecule has 1 aliphatic rings. The van der Waals surface area contributed by atoms with E-state index in [1.54, 1.807) is 7.11 Å². The molecule has 3 nitrogen and oxygen atoms in total. The van der Waals surface area contributed by atoms with Crippen molar-refractivity contribution in [3.63, 3.8) is 0 Å². The molecule has 1 aliphatic carbocycles. The van der Waals surface area contributed by atoms with Gasteiger partial charge in [0.1, 0.15) is 0 Å². The van der Waals surface area contributed by atoms with Gasteiger partial charge in [0.25, 0.3) is 0 Å². The maximum absolute atomic E-state index is 5.21. The molecular weight excluding hydrogens is 188 g/mol. The van der Waals surface area contributed by atoms with Crippen LogP contribution in [0.1, 0.15) is 33.6 Å². The van der Waals surface area contributed by atoms with Gasteiger partial charge in [-0.05, 0) is 33.2 Å². The van der Waals surface area contributed by atoms with Crippen molar-refractivity contribution in [3.8, 4) is 0 Å². The molecule has 2 unspecified atom stereocenters. The molecule has 2 atom stereocenters. The lowest BCUT2D eigenvalue weighted by Gasteiger charge is -2.33. The molecule has 1 rings (SSSR count). The third-order valence-electron chi connectivity index (χ3n) is 3.18. The van der Waals surface area contributed by atoms with Crippen LogP contribution in [0.3, 0.4) is 0 Å². The van der Waals surface area contributed by atoms with Crippen molar-refractivity contribution in [2.75, 3.05) is 26.8 Å². The van der Waals surface area contributed by atoms with Crippen LogP contribution in [0.4, 0.5) is 0 Å². The Bertz CT molecular complexity index is 171. The Labute approximate surface area is 94.2 Å². The molecule has 0 saturated heterocycles. The molecular formula is C12H26N2O. The van der Waals surface area contributed by atoms with Crippen LogP contribution >= 0.6 is 0 Å². The van der Waals surface area contributed by atoms with E-state index in [0.717, 1.165) is 25.7 Å². The van der Waals surface area contributed by atoms with Gasteiger partial charge in [-0.25, -0.2) is 0 Å². The van der Waals surface area contributed by atoms with Crippen molar-refractivity contribution in [3.05, 3.63) is 0 Å². The Morgan fingerprint density at radius 2 is 2.00 bits per heavy atom. The second-order valence-electron chi connectivity index (χ2n) is 4.67. The second kappa shape index (κ2) is 6.46. The van der Waals surface area contributed by atoms with Crippen molar-refractivity contribution in [2.24, 2.45) is 0 Å². The quantitative estimate of drug-likeness (QED) is 0.662. The highest BCUT2D eigenvalue weighted by Gasteiger charge is 2.23. The average molecular weight is 214 g/mol. The lowest BCUT2D eigenvalue weighted by Crippen LogP contribution is -2.47. The Balaban J connectivity index is 2.26. The summed E-state index contributed by atoms with van der Waals surface area (Å²) in [5.74, 6) is 0. The largest absolute Gasteiger partial charge is 0.383 e. The number of hydrogen-bond acceptors (Lipinski definition) is 3. The lowest BCUT2D eigenvalue weighted by atomic mass is 10.2. The van der Waals surface area contributed by atoms with Gasteiger partial charge < -0.3 is 10.1 Å². The van der Waals surface area contributed by atoms with Crippen LogP contribution < -0.4 is 5.32 Å². The average Bonchev–Trinajstić information content (AvgIpc) is 2.99. The molecule has 0 radical (unpaired) electrons. The van der Waals surface area contributed by atoms with Crippen LogP contribution in [0, 0.1) is 0 Å². The van der Waals surface area contributed by atoms with E-state index in [2.05, 4.69) is 31.0 Å². The van der Waals surface area contributed by atoms with Crippen molar-refractivity contribution >= 4 is 0 Å². The van der Waals surface area contributed by atoms with Gasteiger partial charge in [0, 0.05) is 31.8 Å². The fraction of sp³-hybridized carbons (Fsp3) is 1.00. The first-order valence-electron chi connectivity index (χ1n) is 6.17. The number of ether oxygens (including phenoxy) is 1. The number of nitrogens with zero attached hydrogens (tertiary/aromatic N) is 1. The van der Waals surface area contributed by atoms with E-state index in [4.69, 9.17) is 4.74 Å². The standard InChI is InChI=1S/C12H26N2O/c1-5-14(11(3)9-15-4)10(2)8-13-12-6-7-12/h10-13H,5-9H2,1-4H3. The molecule has 1 fully saturated rings. The summed E-state index contributed by atoms with van der Waals surface area (Å²) in [5.41, 5.74) is 0. The molecule has 0 spiro atoms. The molecule has 0 aromatic rings. The summed E-state index contributed by atoms with van der Waals surface area (Å²) in [6.07, 6.45) is 2.74. The lowest BCUT2D eigenvalue weighted by molar-refractivity contribution is 0.0780. The summed E-state index contributed by atoms with van der Waals surface area (Å²) in [7, 11) is 1.78. The minimum atomic E-state index is 0.510. The van der Waals surface area contributed by atoms with Gasteiger partial charge in [-0.15, -0.1) is 0 Å². The van der Waals surface area contributed by atoms with E-state index >= 15 is 0 Å². The summed E-state index contributed by atoms with van der Waals surface area (Å²) in [6.45, 7) is 9.78. The zero-order valence-corrected chi connectivity index (χ0v) is 10.6. The monoisotopic (exact) mass is 214 g/mol. The van der Waals surface area contributed by atoms with Gasteiger partial charge in [0.15, 0.2) is 0 Å². The normalized spacial score (nSPS) is 20.6. The van der Waals surface area contributed by atoms with Crippen LogP contribution in [0.25, 0.3) is 0 Å². The fourth-order valence-electron chi connectivity index (χ4n) is 2.14. The minimum Gasteiger partial charge on any atom is -0.383 e. The van der Waals surface area contributed by atoms with Crippen LogP contribution in [0.15, 0.2) is 0 Å². The topological polar surface area (TPSA) is 24.5 Å². The van der Waals surface area contributed by atoms with Crippen molar-refractivity contribution in [2.45, 2.75) is 51.7 Å². The Morgan fingerprint density at radius 3 is 2.47 bits per heavy atom. The van der Waals surface area contributed by atoms with Crippen LogP contribution in [0.2, 0.25) is 0 Å². The third-order valence-corrected chi connectivity index (χ3v) is 3.18. The summed E-state index contributed by atoms with van der Waals surface area (Å²) in [4.78, 5) is 2.50. The van der Waals surface area contributed by atoms with Crippen molar-refractivity contribution in [1.82, 2.24) is 10.2 Å². The van der Waals surface area contributed by atoms with E-state index < -0.39 is 0 Å². The van der Waals surface area contributed by atoms with E-state index in [1.165, 1.54) is 12.8 Å². The molecule has 0 amide bonds. The van der Waals surface area contributed by atoms with E-state index in [1.807, 2.05) is 0 Å². The summed E-state index contributed by atoms with van der Waals surface area (Å²) in [5, 5.41) is 3.59. The molecule has 0 aromatic heterocycles. The molecule has 1 saturated carbocycles. The maximum atomic E-state index is 5.21. The van der Waals surface area contributed by atoms with E-state index in [9.17, 15) is 0 Å². The zero-order chi connectivity index (χ0) is 11.3. The van der Waals surface area contributed by atoms with Gasteiger partial charge in [0.05, 0.1) is 6.61 Å². The van der Waals surface area contributed by atoms with E-state index in [-0.39, 0.29) is 0 Å². The highest BCUT2D eigenvalue weighted by Crippen LogP contribution is 2.18. The smallest absolute Gasteiger partial charge is 0.0615 e. The summed E-state index contributed by atoms with van der Waals surface area (Å²) in [6, 6.07) is 1.92. The van der Waals surface area contributed by atoms with Crippen molar-refractivity contribution in [1.29, 1.82) is 0 Å². The zero-order valence-electron chi connectivity index (χ0n) is 10.6. The SMILES string of the molecule is CCN(C(C)CNC1CC1)C(C)COC. The predicted molar refractivity (Wildman–Crippen MR) is 64.2 cm³/mol. The van der Waals surface area contributed by atoms with Gasteiger partial charge in [0.2, 0.25) is 0 Å². The van der Waals surface area contributed by atoms with Gasteiger partial charge in [-0.1, -0.05) is 6.92 Å². The molecule has 15 heavy (non-hydrogen) atoms. The van der Waals surface area contributed by atoms with Crippen molar-refractivity contribution < 1.29 is 4.74 Å². The highest BCUT2D eigenvalue weighted by atomic mass is 16.5. The fourth-order valence-corrected chi connectivity index (χ4v) is 2.14. The highest BCUT2D eigenvalue weighted by molar-refractivity contribution is 4.83. The van der Waals surface area contributed by atoms with E-state index in [0.29, 0.717) is 12.1 Å². The molecule has 0 bridgehead atoms. The first kappa shape index (κ1) is 12.9. The number of likely N-dealkylation sites (N-methyl/N-ethyl adjacent to an activating group) is 1. The van der Waals surface area contributed by atoms with Crippen LogP contribution in [-0.4, -0.2) is 49.8 Å². The Kier molecular flexibility index (Phi) is 5.58. The number of nitrogens with one attached hydrogen (secondary N) is 1. The third kappa shape index (κ3) is 4.49. The Hall–Kier alpha value is -0.120. The number of rotatable bonds is 8. The summed E-state index contributed by atoms with van der Waals surface area (Å²) >= 11 is 0. The molecule has 3 heteroatoms. The second-order valence-corrected chi connectivity index (χ2v) is 4.67. The van der Waals surface area contributed by atoms with Gasteiger partial charge in [-0.3, -0.25) is 4.90 Å². The van der Waals surface area contributed by atoms with Crippen LogP contribution in [-0.2, 0) is 4.74 Å². The first-order valence-corrected chi connectivity index (χ1v) is 6.17. The molecule has 0 aliphatic heterocycles. The molecule has 90 valence electrons. The first-order chi connectivity index (χ1) is 7.19. The Morgan fingerprint density at radius 1 is 1.33 bits per heavy atom. The van der Waals surface area contributed by atoms with Gasteiger partial charge in [-0.2, -0.15) is 0 Å². The maximum Gasteiger partial charge on any atom is 0.0615 e. The summed E-state index contributed by atoms with van der Waals surface area (Å²) < 4.78 is 5.21. The molecule has 0 aromatic carbocycles. The van der Waals surface area contributed by atoms with Crippen LogP contribution in [0.5, 0.6) is 0 Å². The molecule has 0 heterocycles. The number of hydrogen-bond donors (Lipinski definition) is 1.